The van der Waals surface area contributed by atoms with Gasteiger partial charge in [0.2, 0.25) is 5.91 Å². The SMILES string of the molecule is O=C(CN(Cc1ccccc1)Cc1ccccc1)Nc1ccccc1Cl. The average Bonchev–Trinajstić information content (AvgIpc) is 2.65. The maximum Gasteiger partial charge on any atom is 0.238 e. The van der Waals surface area contributed by atoms with E-state index in [4.69, 9.17) is 11.6 Å². The summed E-state index contributed by atoms with van der Waals surface area (Å²) >= 11 is 6.14. The zero-order valence-corrected chi connectivity index (χ0v) is 15.2. The fourth-order valence-corrected chi connectivity index (χ4v) is 2.99. The Bertz CT molecular complexity index is 796. The van der Waals surface area contributed by atoms with Gasteiger partial charge in [-0.2, -0.15) is 0 Å². The zero-order valence-electron chi connectivity index (χ0n) is 14.4. The van der Waals surface area contributed by atoms with E-state index in [1.54, 1.807) is 12.1 Å². The first-order valence-electron chi connectivity index (χ1n) is 8.55. The third-order valence-electron chi connectivity index (χ3n) is 4.01. The Morgan fingerprint density at radius 1 is 0.769 bits per heavy atom. The fourth-order valence-electron chi connectivity index (χ4n) is 2.81. The number of amides is 1. The van der Waals surface area contributed by atoms with Crippen LogP contribution in [0.3, 0.4) is 0 Å². The molecule has 132 valence electrons. The first-order valence-corrected chi connectivity index (χ1v) is 8.93. The number of carbonyl (C=O) groups excluding carboxylic acids is 1. The number of hydrogen-bond donors (Lipinski definition) is 1. The molecular formula is C22H21ClN2O. The highest BCUT2D eigenvalue weighted by Gasteiger charge is 2.13. The van der Waals surface area contributed by atoms with Gasteiger partial charge in [-0.25, -0.2) is 0 Å². The topological polar surface area (TPSA) is 32.3 Å². The van der Waals surface area contributed by atoms with Gasteiger partial charge in [-0.15, -0.1) is 0 Å². The molecule has 3 aromatic carbocycles. The smallest absolute Gasteiger partial charge is 0.238 e. The van der Waals surface area contributed by atoms with Crippen LogP contribution in [0.25, 0.3) is 0 Å². The van der Waals surface area contributed by atoms with Crippen LogP contribution in [0.2, 0.25) is 5.02 Å². The minimum Gasteiger partial charge on any atom is -0.324 e. The van der Waals surface area contributed by atoms with E-state index in [0.717, 1.165) is 0 Å². The van der Waals surface area contributed by atoms with E-state index in [-0.39, 0.29) is 12.5 Å². The summed E-state index contributed by atoms with van der Waals surface area (Å²) in [6, 6.07) is 27.6. The van der Waals surface area contributed by atoms with E-state index in [2.05, 4.69) is 34.5 Å². The monoisotopic (exact) mass is 364 g/mol. The number of rotatable bonds is 7. The van der Waals surface area contributed by atoms with Gasteiger partial charge < -0.3 is 5.32 Å². The van der Waals surface area contributed by atoms with Gasteiger partial charge in [-0.1, -0.05) is 84.4 Å². The minimum atomic E-state index is -0.0787. The maximum absolute atomic E-state index is 12.5. The number of nitrogens with zero attached hydrogens (tertiary/aromatic N) is 1. The molecule has 0 saturated carbocycles. The first-order chi connectivity index (χ1) is 12.7. The lowest BCUT2D eigenvalue weighted by Gasteiger charge is -2.22. The molecule has 0 fully saturated rings. The van der Waals surface area contributed by atoms with Crippen molar-refractivity contribution in [1.29, 1.82) is 0 Å². The standard InChI is InChI=1S/C22H21ClN2O/c23-20-13-7-8-14-21(20)24-22(26)17-25(15-18-9-3-1-4-10-18)16-19-11-5-2-6-12-19/h1-14H,15-17H2,(H,24,26). The van der Waals surface area contributed by atoms with Gasteiger partial charge in [-0.05, 0) is 23.3 Å². The van der Waals surface area contributed by atoms with E-state index in [0.29, 0.717) is 23.8 Å². The van der Waals surface area contributed by atoms with E-state index in [1.165, 1.54) is 11.1 Å². The second-order valence-electron chi connectivity index (χ2n) is 6.14. The zero-order chi connectivity index (χ0) is 18.2. The maximum atomic E-state index is 12.5. The third kappa shape index (κ3) is 5.45. The van der Waals surface area contributed by atoms with Crippen molar-refractivity contribution < 1.29 is 4.79 Å². The first kappa shape index (κ1) is 18.2. The van der Waals surface area contributed by atoms with Crippen LogP contribution < -0.4 is 5.32 Å². The molecule has 0 bridgehead atoms. The lowest BCUT2D eigenvalue weighted by Crippen LogP contribution is -2.32. The quantitative estimate of drug-likeness (QED) is 0.641. The van der Waals surface area contributed by atoms with E-state index in [1.807, 2.05) is 48.5 Å². The number of carbonyl (C=O) groups is 1. The summed E-state index contributed by atoms with van der Waals surface area (Å²) in [7, 11) is 0. The highest BCUT2D eigenvalue weighted by molar-refractivity contribution is 6.33. The van der Waals surface area contributed by atoms with Gasteiger partial charge in [0.1, 0.15) is 0 Å². The molecule has 0 heterocycles. The number of benzene rings is 3. The lowest BCUT2D eigenvalue weighted by atomic mass is 10.1. The predicted octanol–water partition coefficient (Wildman–Crippen LogP) is 4.98. The van der Waals surface area contributed by atoms with Crippen LogP contribution in [0.5, 0.6) is 0 Å². The Morgan fingerprint density at radius 2 is 1.27 bits per heavy atom. The molecule has 0 aliphatic heterocycles. The van der Waals surface area contributed by atoms with Gasteiger partial charge in [0.15, 0.2) is 0 Å². The largest absolute Gasteiger partial charge is 0.324 e. The third-order valence-corrected chi connectivity index (χ3v) is 4.34. The molecule has 3 nitrogen and oxygen atoms in total. The molecule has 4 heteroatoms. The molecule has 0 aliphatic rings. The average molecular weight is 365 g/mol. The molecule has 0 radical (unpaired) electrons. The van der Waals surface area contributed by atoms with Crippen LogP contribution in [-0.4, -0.2) is 17.4 Å². The van der Waals surface area contributed by atoms with Crippen molar-refractivity contribution in [2.24, 2.45) is 0 Å². The van der Waals surface area contributed by atoms with E-state index < -0.39 is 0 Å². The van der Waals surface area contributed by atoms with Gasteiger partial charge in [0.25, 0.3) is 0 Å². The molecule has 3 rings (SSSR count). The molecule has 0 atom stereocenters. The number of hydrogen-bond acceptors (Lipinski definition) is 2. The summed E-state index contributed by atoms with van der Waals surface area (Å²) in [5.74, 6) is -0.0787. The molecule has 3 aromatic rings. The molecule has 0 aromatic heterocycles. The predicted molar refractivity (Wildman–Crippen MR) is 107 cm³/mol. The summed E-state index contributed by atoms with van der Waals surface area (Å²) in [6.45, 7) is 1.69. The molecule has 26 heavy (non-hydrogen) atoms. The van der Waals surface area contributed by atoms with Crippen molar-refractivity contribution in [1.82, 2.24) is 4.90 Å². The molecule has 1 amide bonds. The number of para-hydroxylation sites is 1. The Kier molecular flexibility index (Phi) is 6.42. The van der Waals surface area contributed by atoms with Crippen LogP contribution in [0.1, 0.15) is 11.1 Å². The number of halogens is 1. The second-order valence-corrected chi connectivity index (χ2v) is 6.55. The van der Waals surface area contributed by atoms with Gasteiger partial charge >= 0.3 is 0 Å². The van der Waals surface area contributed by atoms with Crippen LogP contribution in [0.15, 0.2) is 84.9 Å². The van der Waals surface area contributed by atoms with Crippen molar-refractivity contribution in [3.8, 4) is 0 Å². The van der Waals surface area contributed by atoms with Crippen LogP contribution in [0, 0.1) is 0 Å². The van der Waals surface area contributed by atoms with E-state index in [9.17, 15) is 4.79 Å². The molecule has 0 saturated heterocycles. The summed E-state index contributed by atoms with van der Waals surface area (Å²) in [4.78, 5) is 14.7. The highest BCUT2D eigenvalue weighted by atomic mass is 35.5. The second kappa shape index (κ2) is 9.18. The summed E-state index contributed by atoms with van der Waals surface area (Å²) < 4.78 is 0. The molecule has 0 unspecified atom stereocenters. The van der Waals surface area contributed by atoms with Gasteiger partial charge in [0.05, 0.1) is 17.3 Å². The fraction of sp³-hybridized carbons (Fsp3) is 0.136. The van der Waals surface area contributed by atoms with Gasteiger partial charge in [0, 0.05) is 13.1 Å². The van der Waals surface area contributed by atoms with Gasteiger partial charge in [-0.3, -0.25) is 9.69 Å². The van der Waals surface area contributed by atoms with Crippen molar-refractivity contribution in [3.05, 3.63) is 101 Å². The summed E-state index contributed by atoms with van der Waals surface area (Å²) in [6.07, 6.45) is 0. The Morgan fingerprint density at radius 3 is 1.81 bits per heavy atom. The van der Waals surface area contributed by atoms with Crippen molar-refractivity contribution in [2.75, 3.05) is 11.9 Å². The summed E-state index contributed by atoms with van der Waals surface area (Å²) in [5, 5.41) is 3.44. The lowest BCUT2D eigenvalue weighted by molar-refractivity contribution is -0.117. The van der Waals surface area contributed by atoms with Crippen LogP contribution in [0.4, 0.5) is 5.69 Å². The molecular weight excluding hydrogens is 344 g/mol. The van der Waals surface area contributed by atoms with E-state index >= 15 is 0 Å². The number of nitrogens with one attached hydrogen (secondary N) is 1. The van der Waals surface area contributed by atoms with Crippen molar-refractivity contribution in [3.63, 3.8) is 0 Å². The highest BCUT2D eigenvalue weighted by Crippen LogP contribution is 2.20. The minimum absolute atomic E-state index is 0.0787. The van der Waals surface area contributed by atoms with Crippen LogP contribution >= 0.6 is 11.6 Å². The normalized spacial score (nSPS) is 10.7. The molecule has 0 aliphatic carbocycles. The Labute approximate surface area is 159 Å². The summed E-state index contributed by atoms with van der Waals surface area (Å²) in [5.41, 5.74) is 2.99. The molecule has 1 N–H and O–H groups in total. The van der Waals surface area contributed by atoms with Crippen molar-refractivity contribution in [2.45, 2.75) is 13.1 Å². The Balaban J connectivity index is 1.70. The number of anilines is 1. The van der Waals surface area contributed by atoms with Crippen molar-refractivity contribution >= 4 is 23.2 Å². The Hall–Kier alpha value is -2.62. The molecule has 0 spiro atoms. The van der Waals surface area contributed by atoms with Crippen LogP contribution in [-0.2, 0) is 17.9 Å².